The van der Waals surface area contributed by atoms with Gasteiger partial charge < -0.3 is 0 Å². The van der Waals surface area contributed by atoms with Gasteiger partial charge in [0.1, 0.15) is 0 Å². The maximum Gasteiger partial charge on any atom is 0.0332 e. The molecule has 0 atom stereocenters. The van der Waals surface area contributed by atoms with Crippen LogP contribution in [-0.2, 0) is 0 Å². The standard InChI is InChI=1S/C20H12Br2/c21-19-15-7-3-1-5-13(15)9-11-17(19)18-12-10-14-6-2-4-8-16(14)20(18)22/h1-12H. The van der Waals surface area contributed by atoms with E-state index in [2.05, 4.69) is 105 Å². The average Bonchev–Trinajstić information content (AvgIpc) is 2.57. The van der Waals surface area contributed by atoms with Gasteiger partial charge in [0.2, 0.25) is 0 Å². The lowest BCUT2D eigenvalue weighted by Gasteiger charge is -2.12. The number of benzene rings is 4. The Balaban J connectivity index is 2.03. The molecule has 4 rings (SSSR count). The Morgan fingerprint density at radius 2 is 0.864 bits per heavy atom. The molecule has 2 heteroatoms. The lowest BCUT2D eigenvalue weighted by molar-refractivity contribution is 1.62. The minimum Gasteiger partial charge on any atom is -0.0616 e. The van der Waals surface area contributed by atoms with Crippen molar-refractivity contribution < 1.29 is 0 Å². The van der Waals surface area contributed by atoms with Crippen LogP contribution in [0.1, 0.15) is 0 Å². The summed E-state index contributed by atoms with van der Waals surface area (Å²) in [7, 11) is 0. The molecule has 0 unspecified atom stereocenters. The molecule has 4 aromatic rings. The number of hydrogen-bond acceptors (Lipinski definition) is 0. The van der Waals surface area contributed by atoms with Crippen molar-refractivity contribution in [2.75, 3.05) is 0 Å². The molecule has 0 amide bonds. The van der Waals surface area contributed by atoms with E-state index in [1.54, 1.807) is 0 Å². The molecule has 0 radical (unpaired) electrons. The number of hydrogen-bond donors (Lipinski definition) is 0. The van der Waals surface area contributed by atoms with Crippen molar-refractivity contribution in [2.45, 2.75) is 0 Å². The summed E-state index contributed by atoms with van der Waals surface area (Å²) in [5, 5.41) is 4.96. The van der Waals surface area contributed by atoms with Gasteiger partial charge in [0, 0.05) is 8.95 Å². The van der Waals surface area contributed by atoms with Crippen molar-refractivity contribution in [3.8, 4) is 11.1 Å². The first-order valence-corrected chi connectivity index (χ1v) is 8.69. The second-order valence-corrected chi connectivity index (χ2v) is 6.88. The molecule has 0 heterocycles. The zero-order chi connectivity index (χ0) is 15.1. The molecule has 22 heavy (non-hydrogen) atoms. The third kappa shape index (κ3) is 2.18. The summed E-state index contributed by atoms with van der Waals surface area (Å²) >= 11 is 7.59. The highest BCUT2D eigenvalue weighted by atomic mass is 79.9. The van der Waals surface area contributed by atoms with Gasteiger partial charge in [0.05, 0.1) is 0 Å². The van der Waals surface area contributed by atoms with Crippen molar-refractivity contribution in [1.29, 1.82) is 0 Å². The summed E-state index contributed by atoms with van der Waals surface area (Å²) in [5.74, 6) is 0. The Hall–Kier alpha value is -1.64. The summed E-state index contributed by atoms with van der Waals surface area (Å²) in [5.41, 5.74) is 2.41. The Morgan fingerprint density at radius 1 is 0.455 bits per heavy atom. The molecule has 0 aromatic heterocycles. The molecule has 0 aliphatic rings. The predicted molar refractivity (Wildman–Crippen MR) is 102 cm³/mol. The summed E-state index contributed by atoms with van der Waals surface area (Å²) in [6.07, 6.45) is 0. The fourth-order valence-electron chi connectivity index (χ4n) is 2.88. The summed E-state index contributed by atoms with van der Waals surface area (Å²) in [6, 6.07) is 25.6. The third-order valence-corrected chi connectivity index (χ3v) is 5.73. The Kier molecular flexibility index (Phi) is 3.51. The van der Waals surface area contributed by atoms with Crippen LogP contribution in [0.15, 0.2) is 81.7 Å². The Bertz CT molecular complexity index is 920. The van der Waals surface area contributed by atoms with Crippen molar-refractivity contribution in [2.24, 2.45) is 0 Å². The molecule has 0 spiro atoms. The fourth-order valence-corrected chi connectivity index (χ4v) is 4.30. The SMILES string of the molecule is Brc1c(-c2ccc3ccccc3c2Br)ccc2ccccc12. The molecule has 0 fully saturated rings. The van der Waals surface area contributed by atoms with Crippen LogP contribution in [0.25, 0.3) is 32.7 Å². The first kappa shape index (κ1) is 14.0. The second kappa shape index (κ2) is 5.53. The zero-order valence-electron chi connectivity index (χ0n) is 11.7. The highest BCUT2D eigenvalue weighted by Crippen LogP contribution is 2.40. The lowest BCUT2D eigenvalue weighted by Crippen LogP contribution is -1.85. The zero-order valence-corrected chi connectivity index (χ0v) is 14.9. The first-order valence-electron chi connectivity index (χ1n) is 7.10. The summed E-state index contributed by atoms with van der Waals surface area (Å²) in [6.45, 7) is 0. The largest absolute Gasteiger partial charge is 0.0616 e. The van der Waals surface area contributed by atoms with Gasteiger partial charge in [-0.1, -0.05) is 72.8 Å². The normalized spacial score (nSPS) is 11.2. The van der Waals surface area contributed by atoms with E-state index in [-0.39, 0.29) is 0 Å². The Morgan fingerprint density at radius 3 is 1.32 bits per heavy atom. The van der Waals surface area contributed by atoms with E-state index in [9.17, 15) is 0 Å². The first-order chi connectivity index (χ1) is 10.8. The van der Waals surface area contributed by atoms with Gasteiger partial charge in [-0.15, -0.1) is 0 Å². The van der Waals surface area contributed by atoms with Crippen LogP contribution in [0.5, 0.6) is 0 Å². The summed E-state index contributed by atoms with van der Waals surface area (Å²) in [4.78, 5) is 0. The van der Waals surface area contributed by atoms with Crippen LogP contribution in [-0.4, -0.2) is 0 Å². The van der Waals surface area contributed by atoms with Crippen LogP contribution >= 0.6 is 31.9 Å². The number of halogens is 2. The van der Waals surface area contributed by atoms with Crippen molar-refractivity contribution in [3.63, 3.8) is 0 Å². The third-order valence-electron chi connectivity index (χ3n) is 4.02. The molecule has 0 N–H and O–H groups in total. The van der Waals surface area contributed by atoms with Gasteiger partial charge in [-0.05, 0) is 64.5 Å². The van der Waals surface area contributed by atoms with E-state index in [4.69, 9.17) is 0 Å². The Labute approximate surface area is 146 Å². The minimum atomic E-state index is 1.14. The molecule has 0 aliphatic heterocycles. The molecule has 0 nitrogen and oxygen atoms in total. The van der Waals surface area contributed by atoms with Crippen LogP contribution in [0.2, 0.25) is 0 Å². The predicted octanol–water partition coefficient (Wildman–Crippen LogP) is 7.19. The van der Waals surface area contributed by atoms with Crippen molar-refractivity contribution in [1.82, 2.24) is 0 Å². The van der Waals surface area contributed by atoms with Gasteiger partial charge in [-0.2, -0.15) is 0 Å². The van der Waals surface area contributed by atoms with Crippen LogP contribution in [0, 0.1) is 0 Å². The molecule has 0 saturated carbocycles. The smallest absolute Gasteiger partial charge is 0.0332 e. The van der Waals surface area contributed by atoms with Crippen LogP contribution in [0.3, 0.4) is 0 Å². The van der Waals surface area contributed by atoms with Gasteiger partial charge in [0.25, 0.3) is 0 Å². The van der Waals surface area contributed by atoms with E-state index in [0.29, 0.717) is 0 Å². The van der Waals surface area contributed by atoms with Gasteiger partial charge in [0.15, 0.2) is 0 Å². The molecule has 0 aliphatic carbocycles. The molecule has 106 valence electrons. The van der Waals surface area contributed by atoms with Crippen molar-refractivity contribution in [3.05, 3.63) is 81.7 Å². The average molecular weight is 412 g/mol. The van der Waals surface area contributed by atoms with E-state index in [1.807, 2.05) is 0 Å². The fraction of sp³-hybridized carbons (Fsp3) is 0. The maximum absolute atomic E-state index is 3.80. The number of fused-ring (bicyclic) bond motifs is 2. The quantitative estimate of drug-likeness (QED) is 0.311. The second-order valence-electron chi connectivity index (χ2n) is 5.30. The minimum absolute atomic E-state index is 1.14. The molecule has 4 aromatic carbocycles. The van der Waals surface area contributed by atoms with Crippen molar-refractivity contribution >= 4 is 53.4 Å². The van der Waals surface area contributed by atoms with Crippen LogP contribution < -0.4 is 0 Å². The highest BCUT2D eigenvalue weighted by Gasteiger charge is 2.11. The monoisotopic (exact) mass is 410 g/mol. The summed E-state index contributed by atoms with van der Waals surface area (Å²) < 4.78 is 2.28. The van der Waals surface area contributed by atoms with E-state index >= 15 is 0 Å². The van der Waals surface area contributed by atoms with Gasteiger partial charge in [-0.25, -0.2) is 0 Å². The van der Waals surface area contributed by atoms with E-state index in [0.717, 1.165) is 8.95 Å². The molecule has 0 saturated heterocycles. The van der Waals surface area contributed by atoms with E-state index in [1.165, 1.54) is 32.7 Å². The number of rotatable bonds is 1. The lowest BCUT2D eigenvalue weighted by atomic mass is 9.98. The van der Waals surface area contributed by atoms with Crippen LogP contribution in [0.4, 0.5) is 0 Å². The van der Waals surface area contributed by atoms with E-state index < -0.39 is 0 Å². The van der Waals surface area contributed by atoms with Gasteiger partial charge in [-0.3, -0.25) is 0 Å². The topological polar surface area (TPSA) is 0 Å². The molecule has 0 bridgehead atoms. The maximum atomic E-state index is 3.80. The van der Waals surface area contributed by atoms with Gasteiger partial charge >= 0.3 is 0 Å². The molecular formula is C20H12Br2. The molecular weight excluding hydrogens is 400 g/mol. The highest BCUT2D eigenvalue weighted by molar-refractivity contribution is 9.11.